The second-order valence-electron chi connectivity index (χ2n) is 16.5. The topological polar surface area (TPSA) is 66.0 Å². The molecule has 67 heavy (non-hydrogen) atoms. The maximum absolute atomic E-state index is 6.71. The summed E-state index contributed by atoms with van der Waals surface area (Å²) in [6, 6.07) is 61.2. The average molecular weight is 867 g/mol. The van der Waals surface area contributed by atoms with Gasteiger partial charge < -0.3 is 13.7 Å². The van der Waals surface area contributed by atoms with Crippen molar-refractivity contribution in [1.29, 1.82) is 0 Å². The Balaban J connectivity index is 1.29. The van der Waals surface area contributed by atoms with Crippen LogP contribution in [0.25, 0.3) is 106 Å². The summed E-state index contributed by atoms with van der Waals surface area (Å²) in [5.74, 6) is 2.60. The zero-order valence-corrected chi connectivity index (χ0v) is 37.4. The van der Waals surface area contributed by atoms with E-state index in [1.807, 2.05) is 72.8 Å². The van der Waals surface area contributed by atoms with Crippen LogP contribution in [0.4, 0.5) is 0 Å². The van der Waals surface area contributed by atoms with Crippen molar-refractivity contribution in [2.75, 3.05) is 7.11 Å². The van der Waals surface area contributed by atoms with Crippen molar-refractivity contribution < 1.29 is 9.15 Å². The molecule has 0 aliphatic carbocycles. The molecule has 0 fully saturated rings. The number of hydrogen-bond donors (Lipinski definition) is 0. The second-order valence-corrected chi connectivity index (χ2v) is 16.5. The molecular weight excluding hydrogens is 821 g/mol. The number of fused-ring (bicyclic) bond motifs is 6. The molecule has 0 spiro atoms. The van der Waals surface area contributed by atoms with E-state index in [4.69, 9.17) is 24.1 Å². The van der Waals surface area contributed by atoms with Crippen molar-refractivity contribution >= 4 is 43.7 Å². The lowest BCUT2D eigenvalue weighted by Crippen LogP contribution is -2.00. The number of allylic oxidation sites excluding steroid dienone is 5. The maximum atomic E-state index is 6.71. The van der Waals surface area contributed by atoms with Gasteiger partial charge in [0.05, 0.1) is 29.2 Å². The van der Waals surface area contributed by atoms with E-state index in [-0.39, 0.29) is 0 Å². The standard InChI is InChI=1S/C61H46N4O2/c1-4-6-11-24-42-29-18-32-51(66-3)54(42)57-46(40-22-12-8-13-23-40)37-38-49-56(57)47-36-35-45(61-63-59(43-25-14-9-15-26-43)62-60(64-61)44-27-16-10-17-28-44)39-50(47)65(49)48-31-20-34-53-58(48)55-41(21-7-5-2)30-19-33-52(55)67-53/h4-20,22-23,25-39H,1,21,24H2,2-3H3/b7-5-,11-6-. The molecule has 0 saturated heterocycles. The van der Waals surface area contributed by atoms with Crippen LogP contribution in [0.1, 0.15) is 18.1 Å². The Morgan fingerprint density at radius 1 is 0.537 bits per heavy atom. The maximum Gasteiger partial charge on any atom is 0.164 e. The zero-order valence-electron chi connectivity index (χ0n) is 37.4. The predicted octanol–water partition coefficient (Wildman–Crippen LogP) is 15.6. The molecule has 0 atom stereocenters. The van der Waals surface area contributed by atoms with Crippen LogP contribution in [0.2, 0.25) is 0 Å². The first-order valence-electron chi connectivity index (χ1n) is 22.7. The predicted molar refractivity (Wildman–Crippen MR) is 277 cm³/mol. The number of benzene rings is 8. The zero-order chi connectivity index (χ0) is 45.3. The first kappa shape index (κ1) is 41.1. The van der Waals surface area contributed by atoms with Gasteiger partial charge in [-0.05, 0) is 78.4 Å². The fourth-order valence-electron chi connectivity index (χ4n) is 9.58. The smallest absolute Gasteiger partial charge is 0.164 e. The van der Waals surface area contributed by atoms with Gasteiger partial charge in [0, 0.05) is 44.0 Å². The van der Waals surface area contributed by atoms with Gasteiger partial charge in [0.2, 0.25) is 0 Å². The first-order valence-corrected chi connectivity index (χ1v) is 22.7. The summed E-state index contributed by atoms with van der Waals surface area (Å²) in [6.45, 7) is 6.02. The van der Waals surface area contributed by atoms with Crippen molar-refractivity contribution in [1.82, 2.24) is 19.5 Å². The Morgan fingerprint density at radius 2 is 1.15 bits per heavy atom. The van der Waals surface area contributed by atoms with E-state index in [9.17, 15) is 0 Å². The summed E-state index contributed by atoms with van der Waals surface area (Å²) in [5.41, 5.74) is 14.1. The Kier molecular flexibility index (Phi) is 10.9. The van der Waals surface area contributed by atoms with Crippen LogP contribution >= 0.6 is 0 Å². The minimum Gasteiger partial charge on any atom is -0.496 e. The number of aromatic nitrogens is 4. The van der Waals surface area contributed by atoms with Crippen molar-refractivity contribution in [3.63, 3.8) is 0 Å². The van der Waals surface area contributed by atoms with E-state index in [1.54, 1.807) is 7.11 Å². The second kappa shape index (κ2) is 17.8. The highest BCUT2D eigenvalue weighted by Gasteiger charge is 2.26. The van der Waals surface area contributed by atoms with Gasteiger partial charge in [0.15, 0.2) is 17.5 Å². The molecule has 0 saturated carbocycles. The van der Waals surface area contributed by atoms with Gasteiger partial charge in [0.25, 0.3) is 0 Å². The number of ether oxygens (including phenoxy) is 1. The molecule has 322 valence electrons. The highest BCUT2D eigenvalue weighted by molar-refractivity contribution is 6.21. The third kappa shape index (κ3) is 7.39. The molecule has 6 nitrogen and oxygen atoms in total. The van der Waals surface area contributed by atoms with Crippen LogP contribution in [0.5, 0.6) is 5.75 Å². The van der Waals surface area contributed by atoms with Crippen LogP contribution < -0.4 is 4.74 Å². The number of nitrogens with zero attached hydrogens (tertiary/aromatic N) is 4. The third-order valence-corrected chi connectivity index (χ3v) is 12.6. The molecule has 6 heteroatoms. The number of rotatable bonds is 12. The van der Waals surface area contributed by atoms with Gasteiger partial charge in [-0.3, -0.25) is 0 Å². The number of hydrogen-bond acceptors (Lipinski definition) is 5. The van der Waals surface area contributed by atoms with E-state index in [2.05, 4.69) is 152 Å². The first-order chi connectivity index (χ1) is 33.1. The molecule has 0 N–H and O–H groups in total. The summed E-state index contributed by atoms with van der Waals surface area (Å²) in [4.78, 5) is 15.4. The summed E-state index contributed by atoms with van der Waals surface area (Å²) >= 11 is 0. The number of methoxy groups -OCH3 is 1. The molecule has 0 amide bonds. The monoisotopic (exact) mass is 866 g/mol. The van der Waals surface area contributed by atoms with Crippen LogP contribution in [0.15, 0.2) is 217 Å². The van der Waals surface area contributed by atoms with Gasteiger partial charge in [-0.2, -0.15) is 0 Å². The Labute approximate surface area is 389 Å². The molecule has 8 aromatic carbocycles. The molecule has 0 aliphatic rings. The normalized spacial score (nSPS) is 11.8. The fraction of sp³-hybridized carbons (Fsp3) is 0.0656. The molecule has 3 aromatic heterocycles. The van der Waals surface area contributed by atoms with E-state index in [0.717, 1.165) is 106 Å². The highest BCUT2D eigenvalue weighted by Crippen LogP contribution is 2.49. The van der Waals surface area contributed by atoms with Crippen LogP contribution in [-0.4, -0.2) is 26.6 Å². The van der Waals surface area contributed by atoms with Gasteiger partial charge in [0.1, 0.15) is 16.9 Å². The van der Waals surface area contributed by atoms with E-state index >= 15 is 0 Å². The summed E-state index contributed by atoms with van der Waals surface area (Å²) in [6.07, 6.45) is 11.8. The minimum absolute atomic E-state index is 0.582. The van der Waals surface area contributed by atoms with Crippen LogP contribution in [-0.2, 0) is 12.8 Å². The van der Waals surface area contributed by atoms with Gasteiger partial charge >= 0.3 is 0 Å². The van der Waals surface area contributed by atoms with Gasteiger partial charge in [-0.25, -0.2) is 15.0 Å². The van der Waals surface area contributed by atoms with Crippen molar-refractivity contribution in [2.24, 2.45) is 0 Å². The SMILES string of the molecule is C=C/C=C\Cc1cccc(OC)c1-c1c(-c2ccccc2)ccc2c1c1ccc(-c3nc(-c4ccccc4)nc(-c4ccccc4)n3)cc1n2-c1cccc2oc3cccc(C/C=C\C)c3c12. The minimum atomic E-state index is 0.582. The molecule has 11 aromatic rings. The number of furan rings is 1. The fourth-order valence-corrected chi connectivity index (χ4v) is 9.58. The lowest BCUT2D eigenvalue weighted by Gasteiger charge is -2.19. The Hall–Kier alpha value is -8.61. The largest absolute Gasteiger partial charge is 0.496 e. The molecule has 0 unspecified atom stereocenters. The molecule has 3 heterocycles. The lowest BCUT2D eigenvalue weighted by atomic mass is 9.87. The summed E-state index contributed by atoms with van der Waals surface area (Å²) < 4.78 is 15.4. The van der Waals surface area contributed by atoms with Gasteiger partial charge in [-0.1, -0.05) is 176 Å². The quantitative estimate of drug-likeness (QED) is 0.0904. The van der Waals surface area contributed by atoms with Crippen molar-refractivity contribution in [3.05, 3.63) is 224 Å². The average Bonchev–Trinajstić information content (AvgIpc) is 3.94. The lowest BCUT2D eigenvalue weighted by molar-refractivity contribution is 0.416. The summed E-state index contributed by atoms with van der Waals surface area (Å²) in [5, 5.41) is 4.34. The van der Waals surface area contributed by atoms with E-state index in [1.165, 1.54) is 5.56 Å². The van der Waals surface area contributed by atoms with Crippen molar-refractivity contribution in [3.8, 4) is 67.9 Å². The van der Waals surface area contributed by atoms with Crippen molar-refractivity contribution in [2.45, 2.75) is 19.8 Å². The molecule has 0 radical (unpaired) electrons. The Bertz CT molecular complexity index is 3640. The highest BCUT2D eigenvalue weighted by atomic mass is 16.5. The molecular formula is C61H46N4O2. The van der Waals surface area contributed by atoms with Crippen LogP contribution in [0.3, 0.4) is 0 Å². The molecule has 0 aliphatic heterocycles. The molecule has 11 rings (SSSR count). The molecule has 0 bridgehead atoms. The van der Waals surface area contributed by atoms with Gasteiger partial charge in [-0.15, -0.1) is 0 Å². The van der Waals surface area contributed by atoms with E-state index in [0.29, 0.717) is 23.9 Å². The Morgan fingerprint density at radius 3 is 1.82 bits per heavy atom. The van der Waals surface area contributed by atoms with Crippen LogP contribution in [0, 0.1) is 0 Å². The van der Waals surface area contributed by atoms with E-state index < -0.39 is 0 Å². The summed E-state index contributed by atoms with van der Waals surface area (Å²) in [7, 11) is 1.76. The third-order valence-electron chi connectivity index (χ3n) is 12.6.